The highest BCUT2D eigenvalue weighted by Gasteiger charge is 2.25. The van der Waals surface area contributed by atoms with Crippen LogP contribution in [-0.2, 0) is 12.4 Å². The van der Waals surface area contributed by atoms with Crippen LogP contribution in [0.15, 0.2) is 35.3 Å². The van der Waals surface area contributed by atoms with Gasteiger partial charge in [-0.3, -0.25) is 9.56 Å². The van der Waals surface area contributed by atoms with E-state index in [1.165, 1.54) is 11.3 Å². The number of hydrogen-bond acceptors (Lipinski definition) is 4. The van der Waals surface area contributed by atoms with Gasteiger partial charge in [0.05, 0.1) is 15.9 Å². The van der Waals surface area contributed by atoms with E-state index >= 15 is 0 Å². The maximum atomic E-state index is 6.36. The van der Waals surface area contributed by atoms with Crippen molar-refractivity contribution in [3.8, 4) is 5.00 Å². The van der Waals surface area contributed by atoms with Gasteiger partial charge in [-0.25, -0.2) is 0 Å². The van der Waals surface area contributed by atoms with E-state index in [-0.39, 0.29) is 5.88 Å². The Morgan fingerprint density at radius 2 is 1.96 bits per heavy atom. The topological polar surface area (TPSA) is 43.1 Å². The summed E-state index contributed by atoms with van der Waals surface area (Å²) in [4.78, 5) is 4.71. The molecule has 0 saturated heterocycles. The Morgan fingerprint density at radius 3 is 2.74 bits per heavy atom. The normalized spacial score (nSPS) is 13.3. The van der Waals surface area contributed by atoms with Gasteiger partial charge in [0.15, 0.2) is 11.6 Å². The third kappa shape index (κ3) is 2.48. The third-order valence-electron chi connectivity index (χ3n) is 3.56. The molecule has 1 aromatic carbocycles. The highest BCUT2D eigenvalue weighted by Crippen LogP contribution is 2.36. The van der Waals surface area contributed by atoms with Crippen molar-refractivity contribution in [1.82, 2.24) is 14.8 Å². The van der Waals surface area contributed by atoms with Gasteiger partial charge in [0, 0.05) is 16.1 Å². The summed E-state index contributed by atoms with van der Waals surface area (Å²) >= 11 is 20.1. The molecule has 0 spiro atoms. The van der Waals surface area contributed by atoms with Gasteiger partial charge in [-0.1, -0.05) is 41.4 Å². The van der Waals surface area contributed by atoms with E-state index in [0.29, 0.717) is 21.7 Å². The molecule has 116 valence electrons. The fourth-order valence-electron chi connectivity index (χ4n) is 2.58. The molecule has 1 aliphatic heterocycles. The molecule has 3 heterocycles. The molecule has 0 aliphatic carbocycles. The fourth-order valence-corrected chi connectivity index (χ4v) is 4.24. The first-order chi connectivity index (χ1) is 11.2. The van der Waals surface area contributed by atoms with Crippen molar-refractivity contribution < 1.29 is 0 Å². The van der Waals surface area contributed by atoms with Crippen LogP contribution in [-0.4, -0.2) is 20.5 Å². The van der Waals surface area contributed by atoms with Crippen molar-refractivity contribution in [2.24, 2.45) is 4.99 Å². The predicted octanol–water partition coefficient (Wildman–Crippen LogP) is 4.73. The lowest BCUT2D eigenvalue weighted by atomic mass is 10.0. The van der Waals surface area contributed by atoms with E-state index < -0.39 is 0 Å². The zero-order valence-electron chi connectivity index (χ0n) is 11.6. The largest absolute Gasteiger partial charge is 0.276 e. The molecule has 4 rings (SSSR count). The Labute approximate surface area is 151 Å². The fraction of sp³-hybridized carbons (Fsp3) is 0.133. The van der Waals surface area contributed by atoms with Gasteiger partial charge >= 0.3 is 0 Å². The Morgan fingerprint density at radius 1 is 1.13 bits per heavy atom. The second kappa shape index (κ2) is 5.91. The number of aromatic nitrogens is 3. The van der Waals surface area contributed by atoms with Crippen LogP contribution in [0.25, 0.3) is 5.00 Å². The Hall–Kier alpha value is -1.40. The molecule has 0 unspecified atom stereocenters. The highest BCUT2D eigenvalue weighted by molar-refractivity contribution is 7.19. The molecule has 1 aliphatic rings. The smallest absolute Gasteiger partial charge is 0.160 e. The molecule has 4 nitrogen and oxygen atoms in total. The molecule has 0 fully saturated rings. The number of benzene rings is 1. The van der Waals surface area contributed by atoms with Gasteiger partial charge in [0.25, 0.3) is 0 Å². The number of fused-ring (bicyclic) bond motifs is 3. The molecule has 23 heavy (non-hydrogen) atoms. The molecule has 8 heteroatoms. The average molecular weight is 384 g/mol. The van der Waals surface area contributed by atoms with E-state index in [2.05, 4.69) is 10.2 Å². The standard InChI is InChI=1S/C15H9Cl3N4S/c16-6-12-20-21-13-7-19-14(8-3-1-2-4-10(8)17)9-5-11(18)23-15(9)22(12)13/h1-5H,6-7H2. The van der Waals surface area contributed by atoms with Crippen LogP contribution in [0.3, 0.4) is 0 Å². The van der Waals surface area contributed by atoms with Crippen molar-refractivity contribution >= 4 is 51.9 Å². The monoisotopic (exact) mass is 382 g/mol. The van der Waals surface area contributed by atoms with Crippen LogP contribution in [0.1, 0.15) is 22.8 Å². The maximum absolute atomic E-state index is 6.36. The molecule has 0 saturated carbocycles. The quantitative estimate of drug-likeness (QED) is 0.601. The number of aliphatic imine (C=N–C) groups is 1. The number of rotatable bonds is 2. The minimum Gasteiger partial charge on any atom is -0.276 e. The van der Waals surface area contributed by atoms with Gasteiger partial charge in [-0.15, -0.1) is 33.1 Å². The third-order valence-corrected chi connectivity index (χ3v) is 5.38. The first-order valence-corrected chi connectivity index (χ1v) is 8.88. The van der Waals surface area contributed by atoms with E-state index in [9.17, 15) is 0 Å². The van der Waals surface area contributed by atoms with Crippen LogP contribution in [0, 0.1) is 0 Å². The predicted molar refractivity (Wildman–Crippen MR) is 94.6 cm³/mol. The van der Waals surface area contributed by atoms with E-state index in [1.54, 1.807) is 0 Å². The minimum absolute atomic E-state index is 0.267. The van der Waals surface area contributed by atoms with Gasteiger partial charge in [0.1, 0.15) is 11.5 Å². The SMILES string of the molecule is ClCc1nnc2n1-c1sc(Cl)cc1C(c1ccccc1Cl)=NC2. The zero-order chi connectivity index (χ0) is 16.0. The summed E-state index contributed by atoms with van der Waals surface area (Å²) in [6.07, 6.45) is 0. The summed E-state index contributed by atoms with van der Waals surface area (Å²) in [6.45, 7) is 0.406. The Balaban J connectivity index is 1.98. The summed E-state index contributed by atoms with van der Waals surface area (Å²) in [5, 5.41) is 9.90. The van der Waals surface area contributed by atoms with Crippen LogP contribution in [0.4, 0.5) is 0 Å². The molecule has 3 aromatic rings. The number of nitrogens with zero attached hydrogens (tertiary/aromatic N) is 4. The summed E-state index contributed by atoms with van der Waals surface area (Å²) in [7, 11) is 0. The highest BCUT2D eigenvalue weighted by atomic mass is 35.5. The van der Waals surface area contributed by atoms with Gasteiger partial charge in [-0.2, -0.15) is 0 Å². The number of alkyl halides is 1. The summed E-state index contributed by atoms with van der Waals surface area (Å²) in [6, 6.07) is 9.53. The van der Waals surface area contributed by atoms with Crippen LogP contribution in [0.2, 0.25) is 9.36 Å². The lowest BCUT2D eigenvalue weighted by Crippen LogP contribution is -2.06. The molecule has 0 atom stereocenters. The lowest BCUT2D eigenvalue weighted by Gasteiger charge is -2.08. The van der Waals surface area contributed by atoms with Crippen molar-refractivity contribution in [3.05, 3.63) is 62.5 Å². The summed E-state index contributed by atoms with van der Waals surface area (Å²) < 4.78 is 2.60. The van der Waals surface area contributed by atoms with Crippen LogP contribution < -0.4 is 0 Å². The number of halogens is 3. The van der Waals surface area contributed by atoms with Crippen molar-refractivity contribution in [2.45, 2.75) is 12.4 Å². The molecule has 2 aromatic heterocycles. The van der Waals surface area contributed by atoms with Crippen molar-refractivity contribution in [3.63, 3.8) is 0 Å². The second-order valence-corrected chi connectivity index (χ2v) is 7.25. The summed E-state index contributed by atoms with van der Waals surface area (Å²) in [5.74, 6) is 1.68. The van der Waals surface area contributed by atoms with Gasteiger partial charge in [0.2, 0.25) is 0 Å². The van der Waals surface area contributed by atoms with Crippen molar-refractivity contribution in [2.75, 3.05) is 0 Å². The molecule has 0 amide bonds. The first-order valence-electron chi connectivity index (χ1n) is 6.77. The van der Waals surface area contributed by atoms with Crippen LogP contribution >= 0.6 is 46.1 Å². The molecule has 0 N–H and O–H groups in total. The Kier molecular flexibility index (Phi) is 3.89. The van der Waals surface area contributed by atoms with E-state index in [1.807, 2.05) is 34.9 Å². The number of thiophene rings is 1. The molecule has 0 radical (unpaired) electrons. The van der Waals surface area contributed by atoms with E-state index in [0.717, 1.165) is 27.7 Å². The molecular weight excluding hydrogens is 375 g/mol. The van der Waals surface area contributed by atoms with Crippen molar-refractivity contribution in [1.29, 1.82) is 0 Å². The lowest BCUT2D eigenvalue weighted by molar-refractivity contribution is 0.867. The second-order valence-electron chi connectivity index (χ2n) is 4.92. The minimum atomic E-state index is 0.267. The van der Waals surface area contributed by atoms with E-state index in [4.69, 9.17) is 39.8 Å². The maximum Gasteiger partial charge on any atom is 0.160 e. The molecular formula is C15H9Cl3N4S. The number of hydrogen-bond donors (Lipinski definition) is 0. The first kappa shape index (κ1) is 15.1. The zero-order valence-corrected chi connectivity index (χ0v) is 14.7. The van der Waals surface area contributed by atoms with Gasteiger partial charge < -0.3 is 0 Å². The Bertz CT molecular complexity index is 929. The average Bonchev–Trinajstić information content (AvgIpc) is 3.09. The van der Waals surface area contributed by atoms with Crippen LogP contribution in [0.5, 0.6) is 0 Å². The van der Waals surface area contributed by atoms with Gasteiger partial charge in [-0.05, 0) is 12.1 Å². The summed E-state index contributed by atoms with van der Waals surface area (Å²) in [5.41, 5.74) is 2.59. The molecule has 0 bridgehead atoms.